The van der Waals surface area contributed by atoms with Crippen LogP contribution in [0.2, 0.25) is 0 Å². The van der Waals surface area contributed by atoms with E-state index in [0.29, 0.717) is 6.92 Å². The van der Waals surface area contributed by atoms with Gasteiger partial charge in [-0.05, 0) is 6.92 Å². The minimum atomic E-state index is -9.15. The van der Waals surface area contributed by atoms with Gasteiger partial charge in [-0.15, -0.1) is 0 Å². The van der Waals surface area contributed by atoms with Gasteiger partial charge in [0.15, 0.2) is 0 Å². The van der Waals surface area contributed by atoms with Crippen molar-refractivity contribution in [2.24, 2.45) is 0 Å². The van der Waals surface area contributed by atoms with Crippen molar-refractivity contribution in [1.29, 1.82) is 0 Å². The van der Waals surface area contributed by atoms with E-state index >= 15 is 0 Å². The molecule has 0 aliphatic rings. The van der Waals surface area contributed by atoms with Gasteiger partial charge in [0.05, 0.1) is 0 Å². The Kier molecular flexibility index (Phi) is 8.32. The first kappa shape index (κ1) is 33.7. The van der Waals surface area contributed by atoms with Gasteiger partial charge in [0.25, 0.3) is 0 Å². The molecule has 0 spiro atoms. The van der Waals surface area contributed by atoms with Crippen LogP contribution in [0.15, 0.2) is 0 Å². The molecule has 0 amide bonds. The third kappa shape index (κ3) is 4.30. The van der Waals surface area contributed by atoms with E-state index in [0.717, 1.165) is 0 Å². The third-order valence-corrected chi connectivity index (χ3v) is 5.48. The molecule has 0 fully saturated rings. The van der Waals surface area contributed by atoms with Gasteiger partial charge in [-0.2, -0.15) is 83.4 Å². The molecule has 0 N–H and O–H groups in total. The highest BCUT2D eigenvalue weighted by Crippen LogP contribution is 2.66. The first-order valence-corrected chi connectivity index (χ1v) is 9.14. The Hall–Kier alpha value is -1.29. The fourth-order valence-electron chi connectivity index (χ4n) is 1.91. The number of halogens is 21. The lowest BCUT2D eigenvalue weighted by Crippen LogP contribution is -2.77. The second-order valence-electron chi connectivity index (χ2n) is 6.43. The van der Waals surface area contributed by atoms with Gasteiger partial charge in [0.1, 0.15) is 0 Å². The van der Waals surface area contributed by atoms with Crippen LogP contribution in [0.1, 0.15) is 6.92 Å². The highest BCUT2D eigenvalue weighted by molar-refractivity contribution is 6.31. The van der Waals surface area contributed by atoms with Gasteiger partial charge in [-0.1, -0.05) is 0 Å². The zero-order chi connectivity index (χ0) is 29.1. The summed E-state index contributed by atoms with van der Waals surface area (Å²) in [6, 6.07) is 0. The largest absolute Gasteiger partial charge is 0.460 e. The number of alkyl halides is 21. The molecular formula is C12H7F21OSi. The van der Waals surface area contributed by atoms with Crippen molar-refractivity contribution >= 4 is 9.76 Å². The minimum absolute atomic E-state index is 0.710. The Morgan fingerprint density at radius 1 is 0.400 bits per heavy atom. The second-order valence-corrected chi connectivity index (χ2v) is 8.02. The molecule has 0 saturated heterocycles. The molecule has 0 aromatic carbocycles. The lowest BCUT2D eigenvalue weighted by atomic mass is 9.87. The summed E-state index contributed by atoms with van der Waals surface area (Å²) in [6.07, 6.45) is -7.99. The summed E-state index contributed by atoms with van der Waals surface area (Å²) in [7, 11) is -4.49. The molecule has 212 valence electrons. The Morgan fingerprint density at radius 2 is 0.629 bits per heavy atom. The summed E-state index contributed by atoms with van der Waals surface area (Å²) in [6.45, 7) is -0.315. The van der Waals surface area contributed by atoms with Crippen molar-refractivity contribution in [3.05, 3.63) is 0 Å². The summed E-state index contributed by atoms with van der Waals surface area (Å²) in [5.41, 5.74) is -6.56. The monoisotopic (exact) mass is 594 g/mol. The summed E-state index contributed by atoms with van der Waals surface area (Å²) < 4.78 is 278. The average Bonchev–Trinajstić information content (AvgIpc) is 2.64. The number of rotatable bonds is 11. The summed E-state index contributed by atoms with van der Waals surface area (Å²) >= 11 is 0. The smallest absolute Gasteiger partial charge is 0.417 e. The van der Waals surface area contributed by atoms with Gasteiger partial charge in [-0.25, -0.2) is 8.78 Å². The minimum Gasteiger partial charge on any atom is -0.417 e. The maximum Gasteiger partial charge on any atom is 0.460 e. The van der Waals surface area contributed by atoms with Crippen LogP contribution in [0, 0.1) is 0 Å². The zero-order valence-electron chi connectivity index (χ0n) is 15.8. The molecule has 0 bridgehead atoms. The van der Waals surface area contributed by atoms with Crippen molar-refractivity contribution in [2.75, 3.05) is 6.61 Å². The molecule has 0 aromatic heterocycles. The molecule has 0 heterocycles. The maximum atomic E-state index is 13.5. The quantitative estimate of drug-likeness (QED) is 0.201. The predicted octanol–water partition coefficient (Wildman–Crippen LogP) is 6.34. The normalized spacial score (nSPS) is 17.0. The molecule has 0 saturated carbocycles. The third-order valence-electron chi connectivity index (χ3n) is 4.06. The number of hydrogen-bond donors (Lipinski definition) is 0. The predicted molar refractivity (Wildman–Crippen MR) is 70.7 cm³/mol. The van der Waals surface area contributed by atoms with E-state index in [9.17, 15) is 92.2 Å². The SMILES string of the molecule is CCO[SiH2]C(F)(F)C(F)(F)C(F)(F)C(F)(F)C(F)(F)C(F)(F)C(F)(F)C(F)(F)C(F)(F)C(F)(F)F. The molecule has 0 aliphatic heterocycles. The number of hydrogen-bond acceptors (Lipinski definition) is 1. The first-order valence-electron chi connectivity index (χ1n) is 7.86. The van der Waals surface area contributed by atoms with Crippen LogP contribution < -0.4 is 0 Å². The summed E-state index contributed by atoms with van der Waals surface area (Å²) in [5, 5.41) is 0. The molecule has 0 aromatic rings. The topological polar surface area (TPSA) is 9.23 Å². The van der Waals surface area contributed by atoms with Gasteiger partial charge in [-0.3, -0.25) is 0 Å². The Morgan fingerprint density at radius 3 is 0.857 bits per heavy atom. The van der Waals surface area contributed by atoms with Crippen LogP contribution in [0.25, 0.3) is 0 Å². The van der Waals surface area contributed by atoms with E-state index in [4.69, 9.17) is 0 Å². The van der Waals surface area contributed by atoms with Gasteiger partial charge in [0.2, 0.25) is 9.76 Å². The van der Waals surface area contributed by atoms with Crippen LogP contribution in [0.4, 0.5) is 92.2 Å². The van der Waals surface area contributed by atoms with Crippen LogP contribution in [0.3, 0.4) is 0 Å². The van der Waals surface area contributed by atoms with E-state index in [1.807, 2.05) is 0 Å². The van der Waals surface area contributed by atoms with E-state index in [2.05, 4.69) is 4.43 Å². The Balaban J connectivity index is 6.97. The van der Waals surface area contributed by atoms with E-state index in [1.54, 1.807) is 0 Å². The maximum absolute atomic E-state index is 13.5. The Labute approximate surface area is 180 Å². The van der Waals surface area contributed by atoms with Crippen molar-refractivity contribution in [3.8, 4) is 0 Å². The highest BCUT2D eigenvalue weighted by atomic mass is 28.2. The Bertz CT molecular complexity index is 752. The van der Waals surface area contributed by atoms with E-state index < -0.39 is 75.5 Å². The molecule has 0 unspecified atom stereocenters. The summed E-state index contributed by atoms with van der Waals surface area (Å²) in [4.78, 5) is 0. The van der Waals surface area contributed by atoms with E-state index in [-0.39, 0.29) is 0 Å². The van der Waals surface area contributed by atoms with Crippen LogP contribution in [-0.4, -0.2) is 75.5 Å². The van der Waals surface area contributed by atoms with Gasteiger partial charge < -0.3 is 4.43 Å². The van der Waals surface area contributed by atoms with Crippen molar-refractivity contribution in [1.82, 2.24) is 0 Å². The van der Waals surface area contributed by atoms with Crippen LogP contribution in [0.5, 0.6) is 0 Å². The van der Waals surface area contributed by atoms with E-state index in [1.165, 1.54) is 0 Å². The lowest BCUT2D eigenvalue weighted by Gasteiger charge is -2.44. The van der Waals surface area contributed by atoms with Gasteiger partial charge in [0, 0.05) is 6.61 Å². The fourth-order valence-corrected chi connectivity index (χ4v) is 2.78. The molecule has 23 heteroatoms. The van der Waals surface area contributed by atoms with Crippen molar-refractivity contribution < 1.29 is 96.6 Å². The molecule has 35 heavy (non-hydrogen) atoms. The van der Waals surface area contributed by atoms with Gasteiger partial charge >= 0.3 is 59.1 Å². The highest BCUT2D eigenvalue weighted by Gasteiger charge is 2.97. The van der Waals surface area contributed by atoms with Crippen molar-refractivity contribution in [3.63, 3.8) is 0 Å². The van der Waals surface area contributed by atoms with Crippen LogP contribution >= 0.6 is 0 Å². The molecule has 0 rings (SSSR count). The second kappa shape index (κ2) is 8.64. The molecule has 0 atom stereocenters. The lowest BCUT2D eigenvalue weighted by molar-refractivity contribution is -0.472. The summed E-state index contributed by atoms with van der Waals surface area (Å²) in [5.74, 6) is -69.9. The first-order chi connectivity index (χ1) is 14.8. The molecule has 0 aliphatic carbocycles. The zero-order valence-corrected chi connectivity index (χ0v) is 17.2. The fraction of sp³-hybridized carbons (Fsp3) is 1.00. The van der Waals surface area contributed by atoms with Crippen LogP contribution in [-0.2, 0) is 4.43 Å². The molecule has 0 radical (unpaired) electrons. The molecule has 1 nitrogen and oxygen atoms in total. The van der Waals surface area contributed by atoms with Crippen molar-refractivity contribution in [2.45, 2.75) is 66.0 Å². The average molecular weight is 594 g/mol. The molecular weight excluding hydrogens is 587 g/mol. The standard InChI is InChI=1S/C12H7F21OSi/c1-2-34-35-12(32,33)10(27,28)8(23,24)6(19,20)4(15,16)3(13,14)5(17,18)7(21,22)9(25,26)11(29,30)31/h2,35H2,1H3.